The maximum atomic E-state index is 12.4. The van der Waals surface area contributed by atoms with E-state index in [-0.39, 0.29) is 5.56 Å². The Bertz CT molecular complexity index is 929. The fourth-order valence-corrected chi connectivity index (χ4v) is 2.24. The van der Waals surface area contributed by atoms with Crippen molar-refractivity contribution < 1.29 is 4.74 Å². The van der Waals surface area contributed by atoms with Crippen molar-refractivity contribution in [3.8, 4) is 5.75 Å². The molecule has 5 nitrogen and oxygen atoms in total. The summed E-state index contributed by atoms with van der Waals surface area (Å²) in [6.45, 7) is 4.82. The Morgan fingerprint density at radius 3 is 2.75 bits per heavy atom. The molecule has 0 bridgehead atoms. The minimum atomic E-state index is -0.197. The Hall–Kier alpha value is -2.95. The van der Waals surface area contributed by atoms with E-state index in [2.05, 4.69) is 23.9 Å². The minimum absolute atomic E-state index is 0.197. The van der Waals surface area contributed by atoms with Gasteiger partial charge in [-0.05, 0) is 30.2 Å². The summed E-state index contributed by atoms with van der Waals surface area (Å²) < 4.78 is 7.03. The summed E-state index contributed by atoms with van der Waals surface area (Å²) in [6.07, 6.45) is 3.05. The van der Waals surface area contributed by atoms with Crippen LogP contribution in [0.25, 0.3) is 10.9 Å². The van der Waals surface area contributed by atoms with Crippen LogP contribution in [0.15, 0.2) is 64.8 Å². The van der Waals surface area contributed by atoms with E-state index in [9.17, 15) is 4.79 Å². The third-order valence-corrected chi connectivity index (χ3v) is 3.46. The average Bonchev–Trinajstić information content (AvgIpc) is 2.60. The SMILES string of the molecule is CC(C)COc1ccccc1/C=N/n1cnc2ccccc2c1=O. The van der Waals surface area contributed by atoms with Gasteiger partial charge in [0, 0.05) is 5.56 Å². The second-order valence-corrected chi connectivity index (χ2v) is 5.90. The molecule has 1 aromatic heterocycles. The normalized spacial score (nSPS) is 11.5. The second-order valence-electron chi connectivity index (χ2n) is 5.90. The van der Waals surface area contributed by atoms with Crippen LogP contribution in [0.4, 0.5) is 0 Å². The highest BCUT2D eigenvalue weighted by Gasteiger charge is 2.04. The smallest absolute Gasteiger partial charge is 0.281 e. The highest BCUT2D eigenvalue weighted by molar-refractivity contribution is 5.83. The van der Waals surface area contributed by atoms with Gasteiger partial charge in [0.05, 0.1) is 23.7 Å². The van der Waals surface area contributed by atoms with Crippen LogP contribution in [0.5, 0.6) is 5.75 Å². The molecular formula is C19H19N3O2. The number of benzene rings is 2. The van der Waals surface area contributed by atoms with Gasteiger partial charge in [0.15, 0.2) is 0 Å². The van der Waals surface area contributed by atoms with Gasteiger partial charge in [-0.1, -0.05) is 38.1 Å². The topological polar surface area (TPSA) is 56.5 Å². The first-order chi connectivity index (χ1) is 11.6. The molecule has 0 saturated carbocycles. The fraction of sp³-hybridized carbons (Fsp3) is 0.211. The summed E-state index contributed by atoms with van der Waals surface area (Å²) in [5, 5.41) is 4.79. The molecule has 0 amide bonds. The van der Waals surface area contributed by atoms with Gasteiger partial charge in [0.1, 0.15) is 12.1 Å². The van der Waals surface area contributed by atoms with E-state index in [0.29, 0.717) is 23.4 Å². The lowest BCUT2D eigenvalue weighted by Crippen LogP contribution is -2.17. The molecule has 5 heteroatoms. The van der Waals surface area contributed by atoms with Gasteiger partial charge in [-0.3, -0.25) is 4.79 Å². The Balaban J connectivity index is 1.92. The number of hydrogen-bond acceptors (Lipinski definition) is 4. The van der Waals surface area contributed by atoms with Crippen molar-refractivity contribution in [2.24, 2.45) is 11.0 Å². The molecule has 1 heterocycles. The molecule has 0 aliphatic rings. The molecule has 0 saturated heterocycles. The van der Waals surface area contributed by atoms with Gasteiger partial charge in [-0.15, -0.1) is 0 Å². The highest BCUT2D eigenvalue weighted by Crippen LogP contribution is 2.16. The summed E-state index contributed by atoms with van der Waals surface area (Å²) in [5.74, 6) is 1.18. The maximum absolute atomic E-state index is 12.4. The predicted octanol–water partition coefficient (Wildman–Crippen LogP) is 3.31. The second kappa shape index (κ2) is 7.08. The zero-order chi connectivity index (χ0) is 16.9. The van der Waals surface area contributed by atoms with E-state index in [4.69, 9.17) is 4.74 Å². The van der Waals surface area contributed by atoms with E-state index in [1.165, 1.54) is 11.0 Å². The van der Waals surface area contributed by atoms with E-state index >= 15 is 0 Å². The van der Waals surface area contributed by atoms with E-state index < -0.39 is 0 Å². The van der Waals surface area contributed by atoms with Gasteiger partial charge in [0.25, 0.3) is 5.56 Å². The molecule has 24 heavy (non-hydrogen) atoms. The summed E-state index contributed by atoms with van der Waals surface area (Å²) in [4.78, 5) is 16.7. The minimum Gasteiger partial charge on any atom is -0.493 e. The number of nitrogens with zero attached hydrogens (tertiary/aromatic N) is 3. The van der Waals surface area contributed by atoms with Crippen LogP contribution < -0.4 is 10.3 Å². The van der Waals surface area contributed by atoms with Crippen molar-refractivity contribution in [3.63, 3.8) is 0 Å². The van der Waals surface area contributed by atoms with Gasteiger partial charge in [0.2, 0.25) is 0 Å². The van der Waals surface area contributed by atoms with Crippen molar-refractivity contribution >= 4 is 17.1 Å². The third kappa shape index (κ3) is 3.51. The van der Waals surface area contributed by atoms with Crippen molar-refractivity contribution in [1.82, 2.24) is 9.66 Å². The number of fused-ring (bicyclic) bond motifs is 1. The summed E-state index contributed by atoms with van der Waals surface area (Å²) >= 11 is 0. The average molecular weight is 321 g/mol. The first kappa shape index (κ1) is 15.9. The van der Waals surface area contributed by atoms with E-state index in [1.54, 1.807) is 18.3 Å². The Morgan fingerprint density at radius 2 is 1.92 bits per heavy atom. The first-order valence-corrected chi connectivity index (χ1v) is 7.88. The molecule has 0 aliphatic heterocycles. The lowest BCUT2D eigenvalue weighted by Gasteiger charge is -2.10. The molecule has 0 fully saturated rings. The standard InChI is InChI=1S/C19H19N3O2/c1-14(2)12-24-18-10-6-3-7-15(18)11-21-22-13-20-17-9-5-4-8-16(17)19(22)23/h3-11,13-14H,12H2,1-2H3/b21-11+. The van der Waals surface area contributed by atoms with Crippen molar-refractivity contribution in [1.29, 1.82) is 0 Å². The summed E-state index contributed by atoms with van der Waals surface area (Å²) in [6, 6.07) is 14.8. The largest absolute Gasteiger partial charge is 0.493 e. The Labute approximate surface area is 140 Å². The van der Waals surface area contributed by atoms with E-state index in [1.807, 2.05) is 36.4 Å². The molecule has 0 radical (unpaired) electrons. The molecule has 3 rings (SSSR count). The Kier molecular flexibility index (Phi) is 4.70. The van der Waals surface area contributed by atoms with Crippen molar-refractivity contribution in [2.45, 2.75) is 13.8 Å². The zero-order valence-corrected chi connectivity index (χ0v) is 13.7. The van der Waals surface area contributed by atoms with Crippen molar-refractivity contribution in [2.75, 3.05) is 6.61 Å². The molecule has 0 N–H and O–H groups in total. The number of ether oxygens (including phenoxy) is 1. The van der Waals surface area contributed by atoms with Gasteiger partial charge in [-0.2, -0.15) is 9.78 Å². The van der Waals surface area contributed by atoms with Gasteiger partial charge in [-0.25, -0.2) is 4.98 Å². The lowest BCUT2D eigenvalue weighted by atomic mass is 10.2. The predicted molar refractivity (Wildman–Crippen MR) is 95.8 cm³/mol. The van der Waals surface area contributed by atoms with E-state index in [0.717, 1.165) is 11.3 Å². The number of rotatable bonds is 5. The highest BCUT2D eigenvalue weighted by atomic mass is 16.5. The van der Waals surface area contributed by atoms with Crippen LogP contribution >= 0.6 is 0 Å². The van der Waals surface area contributed by atoms with Crippen LogP contribution in [-0.2, 0) is 0 Å². The van der Waals surface area contributed by atoms with Crippen LogP contribution in [0.1, 0.15) is 19.4 Å². The number of aromatic nitrogens is 2. The first-order valence-electron chi connectivity index (χ1n) is 7.88. The Morgan fingerprint density at radius 1 is 1.17 bits per heavy atom. The molecule has 2 aromatic carbocycles. The quantitative estimate of drug-likeness (QED) is 0.677. The summed E-state index contributed by atoms with van der Waals surface area (Å²) in [5.41, 5.74) is 1.28. The molecule has 0 atom stereocenters. The molecule has 0 unspecified atom stereocenters. The third-order valence-electron chi connectivity index (χ3n) is 3.46. The van der Waals surface area contributed by atoms with Crippen molar-refractivity contribution in [3.05, 3.63) is 70.8 Å². The maximum Gasteiger partial charge on any atom is 0.281 e. The van der Waals surface area contributed by atoms with Crippen LogP contribution in [-0.4, -0.2) is 22.5 Å². The molecule has 3 aromatic rings. The van der Waals surface area contributed by atoms with Crippen LogP contribution in [0.3, 0.4) is 0 Å². The summed E-state index contributed by atoms with van der Waals surface area (Å²) in [7, 11) is 0. The van der Waals surface area contributed by atoms with Crippen LogP contribution in [0.2, 0.25) is 0 Å². The van der Waals surface area contributed by atoms with Crippen LogP contribution in [0, 0.1) is 5.92 Å². The number of hydrogen-bond donors (Lipinski definition) is 0. The van der Waals surface area contributed by atoms with Gasteiger partial charge >= 0.3 is 0 Å². The monoisotopic (exact) mass is 321 g/mol. The molecule has 0 spiro atoms. The molecule has 122 valence electrons. The zero-order valence-electron chi connectivity index (χ0n) is 13.7. The molecular weight excluding hydrogens is 302 g/mol. The lowest BCUT2D eigenvalue weighted by molar-refractivity contribution is 0.270. The number of para-hydroxylation sites is 2. The van der Waals surface area contributed by atoms with Gasteiger partial charge < -0.3 is 4.74 Å². The molecule has 0 aliphatic carbocycles. The fourth-order valence-electron chi connectivity index (χ4n) is 2.24.